The largest absolute Gasteiger partial charge is 0.497 e. The van der Waals surface area contributed by atoms with Crippen LogP contribution in [0.3, 0.4) is 0 Å². The summed E-state index contributed by atoms with van der Waals surface area (Å²) in [6.45, 7) is 5.84. The first-order valence-electron chi connectivity index (χ1n) is 7.56. The number of benzene rings is 2. The summed E-state index contributed by atoms with van der Waals surface area (Å²) in [4.78, 5) is 12.6. The lowest BCUT2D eigenvalue weighted by atomic mass is 10.0. The van der Waals surface area contributed by atoms with E-state index in [9.17, 15) is 4.79 Å². The van der Waals surface area contributed by atoms with Gasteiger partial charge in [0.25, 0.3) is 5.91 Å². The van der Waals surface area contributed by atoms with Crippen molar-refractivity contribution in [3.05, 3.63) is 58.7 Å². The van der Waals surface area contributed by atoms with Gasteiger partial charge in [-0.25, -0.2) is 0 Å². The molecule has 0 aliphatic carbocycles. The number of rotatable bonds is 5. The van der Waals surface area contributed by atoms with Gasteiger partial charge in [-0.3, -0.25) is 4.79 Å². The van der Waals surface area contributed by atoms with E-state index in [4.69, 9.17) is 9.47 Å². The molecule has 2 rings (SSSR count). The lowest BCUT2D eigenvalue weighted by Crippen LogP contribution is -2.27. The molecule has 0 radical (unpaired) electrons. The molecule has 0 aliphatic rings. The monoisotopic (exact) mass is 313 g/mol. The Labute approximate surface area is 137 Å². The van der Waals surface area contributed by atoms with E-state index in [2.05, 4.69) is 5.32 Å². The summed E-state index contributed by atoms with van der Waals surface area (Å²) < 4.78 is 10.6. The Balaban J connectivity index is 2.26. The average Bonchev–Trinajstić information content (AvgIpc) is 2.56. The maximum Gasteiger partial charge on any atom is 0.252 e. The number of hydrogen-bond donors (Lipinski definition) is 1. The zero-order chi connectivity index (χ0) is 17.0. The van der Waals surface area contributed by atoms with E-state index in [1.165, 1.54) is 0 Å². The highest BCUT2D eigenvalue weighted by Gasteiger charge is 2.17. The average molecular weight is 313 g/mol. The predicted molar refractivity (Wildman–Crippen MR) is 91.3 cm³/mol. The SMILES string of the molecule is COc1ccc(OC)c([C@@H](C)NC(=O)c2cc(C)ccc2C)c1. The van der Waals surface area contributed by atoms with E-state index < -0.39 is 0 Å². The second-order valence-corrected chi connectivity index (χ2v) is 5.62. The minimum atomic E-state index is -0.201. The molecule has 0 unspecified atom stereocenters. The number of methoxy groups -OCH3 is 2. The van der Waals surface area contributed by atoms with Crippen molar-refractivity contribution in [1.82, 2.24) is 5.32 Å². The first-order chi connectivity index (χ1) is 11.0. The molecule has 0 saturated carbocycles. The highest BCUT2D eigenvalue weighted by molar-refractivity contribution is 5.96. The molecule has 0 bridgehead atoms. The van der Waals surface area contributed by atoms with Crippen LogP contribution in [-0.4, -0.2) is 20.1 Å². The molecule has 4 nitrogen and oxygen atoms in total. The fraction of sp³-hybridized carbons (Fsp3) is 0.316. The third-order valence-electron chi connectivity index (χ3n) is 3.89. The van der Waals surface area contributed by atoms with E-state index in [0.717, 1.165) is 28.2 Å². The lowest BCUT2D eigenvalue weighted by molar-refractivity contribution is 0.0938. The molecule has 122 valence electrons. The standard InChI is InChI=1S/C19H23NO3/c1-12-6-7-13(2)16(10-12)19(21)20-14(3)17-11-15(22-4)8-9-18(17)23-5/h6-11,14H,1-5H3,(H,20,21)/t14-/m1/s1. The number of nitrogens with one attached hydrogen (secondary N) is 1. The van der Waals surface area contributed by atoms with Crippen molar-refractivity contribution in [2.75, 3.05) is 14.2 Å². The Morgan fingerprint density at radius 3 is 2.43 bits per heavy atom. The summed E-state index contributed by atoms with van der Waals surface area (Å²) in [5.74, 6) is 1.36. The number of carbonyl (C=O) groups excluding carboxylic acids is 1. The summed E-state index contributed by atoms with van der Waals surface area (Å²) in [5.41, 5.74) is 3.59. The van der Waals surface area contributed by atoms with E-state index in [0.29, 0.717) is 5.56 Å². The first kappa shape index (κ1) is 16.9. The smallest absolute Gasteiger partial charge is 0.252 e. The van der Waals surface area contributed by atoms with Crippen molar-refractivity contribution in [3.63, 3.8) is 0 Å². The number of ether oxygens (including phenoxy) is 2. The molecular formula is C19H23NO3. The fourth-order valence-electron chi connectivity index (χ4n) is 2.51. The summed E-state index contributed by atoms with van der Waals surface area (Å²) in [6.07, 6.45) is 0. The van der Waals surface area contributed by atoms with Crippen LogP contribution in [0.4, 0.5) is 0 Å². The molecule has 23 heavy (non-hydrogen) atoms. The van der Waals surface area contributed by atoms with Gasteiger partial charge in [0.15, 0.2) is 0 Å². The second kappa shape index (κ2) is 7.18. The van der Waals surface area contributed by atoms with Crippen molar-refractivity contribution in [1.29, 1.82) is 0 Å². The van der Waals surface area contributed by atoms with Crippen LogP contribution in [0.25, 0.3) is 0 Å². The Morgan fingerprint density at radius 2 is 1.78 bits per heavy atom. The molecule has 0 aliphatic heterocycles. The number of amides is 1. The minimum absolute atomic E-state index is 0.0939. The summed E-state index contributed by atoms with van der Waals surface area (Å²) in [5, 5.41) is 3.03. The van der Waals surface area contributed by atoms with Crippen LogP contribution in [0.1, 0.15) is 40.0 Å². The zero-order valence-corrected chi connectivity index (χ0v) is 14.3. The van der Waals surface area contributed by atoms with E-state index >= 15 is 0 Å². The molecule has 0 saturated heterocycles. The molecule has 0 fully saturated rings. The lowest BCUT2D eigenvalue weighted by Gasteiger charge is -2.19. The molecule has 1 N–H and O–H groups in total. The summed E-state index contributed by atoms with van der Waals surface area (Å²) in [7, 11) is 3.23. The van der Waals surface area contributed by atoms with Crippen molar-refractivity contribution in [2.45, 2.75) is 26.8 Å². The van der Waals surface area contributed by atoms with Crippen LogP contribution in [0.5, 0.6) is 11.5 Å². The fourth-order valence-corrected chi connectivity index (χ4v) is 2.51. The Kier molecular flexibility index (Phi) is 5.27. The van der Waals surface area contributed by atoms with Gasteiger partial charge in [-0.05, 0) is 50.6 Å². The Hall–Kier alpha value is -2.49. The quantitative estimate of drug-likeness (QED) is 0.913. The van der Waals surface area contributed by atoms with E-state index in [-0.39, 0.29) is 11.9 Å². The van der Waals surface area contributed by atoms with Gasteiger partial charge in [0.2, 0.25) is 0 Å². The van der Waals surface area contributed by atoms with Crippen LogP contribution < -0.4 is 14.8 Å². The highest BCUT2D eigenvalue weighted by atomic mass is 16.5. The van der Waals surface area contributed by atoms with Crippen molar-refractivity contribution < 1.29 is 14.3 Å². The van der Waals surface area contributed by atoms with Gasteiger partial charge >= 0.3 is 0 Å². The minimum Gasteiger partial charge on any atom is -0.497 e. The van der Waals surface area contributed by atoms with Crippen LogP contribution >= 0.6 is 0 Å². The van der Waals surface area contributed by atoms with Gasteiger partial charge in [0.1, 0.15) is 11.5 Å². The topological polar surface area (TPSA) is 47.6 Å². The predicted octanol–water partition coefficient (Wildman–Crippen LogP) is 3.81. The summed E-state index contributed by atoms with van der Waals surface area (Å²) in [6, 6.07) is 11.2. The van der Waals surface area contributed by atoms with Crippen LogP contribution in [0.15, 0.2) is 36.4 Å². The van der Waals surface area contributed by atoms with Crippen molar-refractivity contribution in [3.8, 4) is 11.5 Å². The molecule has 1 atom stereocenters. The number of hydrogen-bond acceptors (Lipinski definition) is 3. The van der Waals surface area contributed by atoms with Crippen LogP contribution in [0.2, 0.25) is 0 Å². The van der Waals surface area contributed by atoms with E-state index in [1.807, 2.05) is 57.2 Å². The maximum absolute atomic E-state index is 12.6. The van der Waals surface area contributed by atoms with Crippen LogP contribution in [-0.2, 0) is 0 Å². The van der Waals surface area contributed by atoms with Gasteiger partial charge in [0.05, 0.1) is 20.3 Å². The maximum atomic E-state index is 12.6. The number of carbonyl (C=O) groups is 1. The molecule has 2 aromatic carbocycles. The second-order valence-electron chi connectivity index (χ2n) is 5.62. The first-order valence-corrected chi connectivity index (χ1v) is 7.56. The highest BCUT2D eigenvalue weighted by Crippen LogP contribution is 2.29. The molecule has 0 aromatic heterocycles. The van der Waals surface area contributed by atoms with Gasteiger partial charge in [0, 0.05) is 11.1 Å². The number of aryl methyl sites for hydroxylation is 2. The Bertz CT molecular complexity index is 710. The molecule has 1 amide bonds. The van der Waals surface area contributed by atoms with Gasteiger partial charge < -0.3 is 14.8 Å². The zero-order valence-electron chi connectivity index (χ0n) is 14.3. The molecule has 2 aromatic rings. The van der Waals surface area contributed by atoms with E-state index in [1.54, 1.807) is 14.2 Å². The normalized spacial score (nSPS) is 11.7. The van der Waals surface area contributed by atoms with Crippen LogP contribution in [0, 0.1) is 13.8 Å². The molecule has 4 heteroatoms. The van der Waals surface area contributed by atoms with Crippen molar-refractivity contribution in [2.24, 2.45) is 0 Å². The third kappa shape index (κ3) is 3.83. The molecule has 0 heterocycles. The van der Waals surface area contributed by atoms with Gasteiger partial charge in [-0.2, -0.15) is 0 Å². The molecular weight excluding hydrogens is 290 g/mol. The molecule has 0 spiro atoms. The summed E-state index contributed by atoms with van der Waals surface area (Å²) >= 11 is 0. The van der Waals surface area contributed by atoms with Gasteiger partial charge in [-0.1, -0.05) is 17.7 Å². The third-order valence-corrected chi connectivity index (χ3v) is 3.89. The van der Waals surface area contributed by atoms with Gasteiger partial charge in [-0.15, -0.1) is 0 Å². The van der Waals surface area contributed by atoms with Crippen molar-refractivity contribution >= 4 is 5.91 Å². The Morgan fingerprint density at radius 1 is 1.04 bits per heavy atom.